The highest BCUT2D eigenvalue weighted by atomic mass is 32.2. The van der Waals surface area contributed by atoms with Gasteiger partial charge in [0.1, 0.15) is 13.2 Å². The fourth-order valence-corrected chi connectivity index (χ4v) is 2.45. The van der Waals surface area contributed by atoms with Crippen LogP contribution in [0, 0.1) is 6.92 Å². The molecule has 0 aliphatic carbocycles. The molecule has 0 amide bonds. The minimum absolute atomic E-state index is 0.190. The lowest BCUT2D eigenvalue weighted by Gasteiger charge is -2.17. The van der Waals surface area contributed by atoms with Gasteiger partial charge in [-0.2, -0.15) is 8.42 Å². The minimum Gasteiger partial charge on any atom is -0.486 e. The van der Waals surface area contributed by atoms with Crippen molar-refractivity contribution in [3.05, 3.63) is 54.1 Å². The third-order valence-electron chi connectivity index (χ3n) is 2.98. The molecule has 1 aliphatic heterocycles. The average Bonchev–Trinajstić information content (AvgIpc) is 2.56. The van der Waals surface area contributed by atoms with Gasteiger partial charge in [-0.3, -0.25) is 4.18 Å². The lowest BCUT2D eigenvalue weighted by Crippen LogP contribution is -2.14. The number of hydrogen-bond acceptors (Lipinski definition) is 5. The van der Waals surface area contributed by atoms with Crippen LogP contribution in [0.1, 0.15) is 5.56 Å². The standard InChI is InChI=1S/C8H10O3S.C8H8O2/c1-7-3-5-8(6-4-7)12(9,10)11-2;1-2-4-8-7(3-1)9-5-6-10-8/h3-6H,1-2H3;1-4H,5-6H2. The van der Waals surface area contributed by atoms with Gasteiger partial charge in [0.15, 0.2) is 11.5 Å². The highest BCUT2D eigenvalue weighted by Crippen LogP contribution is 2.28. The summed E-state index contributed by atoms with van der Waals surface area (Å²) < 4.78 is 37.1. The molecule has 0 bridgehead atoms. The van der Waals surface area contributed by atoms with Crippen molar-refractivity contribution in [3.63, 3.8) is 0 Å². The zero-order chi connectivity index (χ0) is 16.0. The molecule has 0 saturated carbocycles. The number of fused-ring (bicyclic) bond motifs is 1. The molecule has 0 saturated heterocycles. The molecule has 118 valence electrons. The summed E-state index contributed by atoms with van der Waals surface area (Å²) in [6.07, 6.45) is 0. The van der Waals surface area contributed by atoms with Crippen LogP contribution in [-0.4, -0.2) is 28.7 Å². The average molecular weight is 322 g/mol. The summed E-state index contributed by atoms with van der Waals surface area (Å²) in [7, 11) is -2.37. The number of hydrogen-bond donors (Lipinski definition) is 0. The van der Waals surface area contributed by atoms with Gasteiger partial charge in [-0.1, -0.05) is 29.8 Å². The Kier molecular flexibility index (Phi) is 5.41. The molecule has 0 atom stereocenters. The minimum atomic E-state index is -3.51. The Bertz CT molecular complexity index is 683. The van der Waals surface area contributed by atoms with Crippen molar-refractivity contribution in [2.75, 3.05) is 20.3 Å². The lowest BCUT2D eigenvalue weighted by molar-refractivity contribution is 0.171. The second-order valence-electron chi connectivity index (χ2n) is 4.58. The molecule has 22 heavy (non-hydrogen) atoms. The Morgan fingerprint density at radius 1 is 0.909 bits per heavy atom. The largest absolute Gasteiger partial charge is 0.486 e. The van der Waals surface area contributed by atoms with Crippen molar-refractivity contribution in [1.82, 2.24) is 0 Å². The van der Waals surface area contributed by atoms with Crippen LogP contribution in [0.3, 0.4) is 0 Å². The molecule has 0 unspecified atom stereocenters. The number of para-hydroxylation sites is 2. The highest BCUT2D eigenvalue weighted by Gasteiger charge is 2.11. The van der Waals surface area contributed by atoms with Gasteiger partial charge in [-0.15, -0.1) is 0 Å². The molecule has 3 rings (SSSR count). The first kappa shape index (κ1) is 16.3. The summed E-state index contributed by atoms with van der Waals surface area (Å²) in [5.74, 6) is 1.71. The van der Waals surface area contributed by atoms with E-state index in [1.165, 1.54) is 12.1 Å². The molecule has 0 fully saturated rings. The molecule has 5 nitrogen and oxygen atoms in total. The van der Waals surface area contributed by atoms with Crippen LogP contribution in [0.2, 0.25) is 0 Å². The van der Waals surface area contributed by atoms with Gasteiger partial charge in [0, 0.05) is 0 Å². The van der Waals surface area contributed by atoms with Crippen molar-refractivity contribution in [2.24, 2.45) is 0 Å². The van der Waals surface area contributed by atoms with E-state index in [-0.39, 0.29) is 4.90 Å². The Morgan fingerprint density at radius 3 is 1.86 bits per heavy atom. The van der Waals surface area contributed by atoms with Gasteiger partial charge in [0.25, 0.3) is 10.1 Å². The second-order valence-corrected chi connectivity index (χ2v) is 6.29. The zero-order valence-electron chi connectivity index (χ0n) is 12.5. The quantitative estimate of drug-likeness (QED) is 0.796. The van der Waals surface area contributed by atoms with Crippen LogP contribution in [0.15, 0.2) is 53.4 Å². The maximum atomic E-state index is 11.1. The van der Waals surface area contributed by atoms with Gasteiger partial charge in [0.05, 0.1) is 12.0 Å². The van der Waals surface area contributed by atoms with E-state index in [2.05, 4.69) is 4.18 Å². The zero-order valence-corrected chi connectivity index (χ0v) is 13.3. The van der Waals surface area contributed by atoms with Crippen molar-refractivity contribution in [3.8, 4) is 11.5 Å². The fourth-order valence-electron chi connectivity index (χ4n) is 1.79. The molecule has 2 aromatic rings. The van der Waals surface area contributed by atoms with Crippen LogP contribution in [0.25, 0.3) is 0 Å². The first-order valence-corrected chi connectivity index (χ1v) is 8.15. The van der Waals surface area contributed by atoms with E-state index in [1.54, 1.807) is 12.1 Å². The van der Waals surface area contributed by atoms with Gasteiger partial charge in [-0.25, -0.2) is 0 Å². The topological polar surface area (TPSA) is 61.8 Å². The normalized spacial score (nSPS) is 13.0. The second kappa shape index (κ2) is 7.29. The molecule has 0 radical (unpaired) electrons. The van der Waals surface area contributed by atoms with Crippen LogP contribution in [-0.2, 0) is 14.3 Å². The van der Waals surface area contributed by atoms with Gasteiger partial charge < -0.3 is 9.47 Å². The van der Waals surface area contributed by atoms with Gasteiger partial charge in [0.2, 0.25) is 0 Å². The van der Waals surface area contributed by atoms with E-state index in [0.29, 0.717) is 13.2 Å². The highest BCUT2D eigenvalue weighted by molar-refractivity contribution is 7.86. The van der Waals surface area contributed by atoms with Gasteiger partial charge >= 0.3 is 0 Å². The molecule has 1 aliphatic rings. The Labute approximate surface area is 130 Å². The predicted molar refractivity (Wildman–Crippen MR) is 82.8 cm³/mol. The summed E-state index contributed by atoms with van der Waals surface area (Å²) in [5.41, 5.74) is 1.02. The van der Waals surface area contributed by atoms with Gasteiger partial charge in [-0.05, 0) is 31.2 Å². The van der Waals surface area contributed by atoms with E-state index in [1.807, 2.05) is 31.2 Å². The summed E-state index contributed by atoms with van der Waals surface area (Å²) in [5, 5.41) is 0. The third kappa shape index (κ3) is 4.22. The Hall–Kier alpha value is -2.05. The van der Waals surface area contributed by atoms with E-state index < -0.39 is 10.1 Å². The molecule has 0 spiro atoms. The lowest BCUT2D eigenvalue weighted by atomic mass is 10.2. The van der Waals surface area contributed by atoms with Crippen LogP contribution in [0.4, 0.5) is 0 Å². The molecule has 6 heteroatoms. The third-order valence-corrected chi connectivity index (χ3v) is 4.27. The van der Waals surface area contributed by atoms with Crippen molar-refractivity contribution in [1.29, 1.82) is 0 Å². The van der Waals surface area contributed by atoms with Crippen LogP contribution in [0.5, 0.6) is 11.5 Å². The molecule has 2 aromatic carbocycles. The first-order valence-electron chi connectivity index (χ1n) is 6.75. The van der Waals surface area contributed by atoms with Crippen molar-refractivity contribution < 1.29 is 22.1 Å². The smallest absolute Gasteiger partial charge is 0.296 e. The van der Waals surface area contributed by atoms with Crippen molar-refractivity contribution in [2.45, 2.75) is 11.8 Å². The summed E-state index contributed by atoms with van der Waals surface area (Å²) in [6, 6.07) is 14.2. The number of benzene rings is 2. The number of ether oxygens (including phenoxy) is 2. The monoisotopic (exact) mass is 322 g/mol. The Morgan fingerprint density at radius 2 is 1.41 bits per heavy atom. The fraction of sp³-hybridized carbons (Fsp3) is 0.250. The summed E-state index contributed by atoms with van der Waals surface area (Å²) in [6.45, 7) is 3.22. The Balaban J connectivity index is 0.000000162. The molecular formula is C16H18O5S. The molecule has 0 aromatic heterocycles. The summed E-state index contributed by atoms with van der Waals surface area (Å²) in [4.78, 5) is 0.190. The first-order chi connectivity index (χ1) is 10.5. The van der Waals surface area contributed by atoms with Crippen LogP contribution < -0.4 is 9.47 Å². The van der Waals surface area contributed by atoms with E-state index in [4.69, 9.17) is 9.47 Å². The molecular weight excluding hydrogens is 304 g/mol. The molecule has 0 N–H and O–H groups in total. The van der Waals surface area contributed by atoms with E-state index in [9.17, 15) is 8.42 Å². The van der Waals surface area contributed by atoms with E-state index in [0.717, 1.165) is 24.2 Å². The maximum Gasteiger partial charge on any atom is 0.296 e. The maximum absolute atomic E-state index is 11.1. The van der Waals surface area contributed by atoms with Crippen molar-refractivity contribution >= 4 is 10.1 Å². The molecule has 1 heterocycles. The number of aryl methyl sites for hydroxylation is 1. The van der Waals surface area contributed by atoms with E-state index >= 15 is 0 Å². The summed E-state index contributed by atoms with van der Waals surface area (Å²) >= 11 is 0. The number of rotatable bonds is 2. The SMILES string of the molecule is COS(=O)(=O)c1ccc(C)cc1.c1ccc2c(c1)OCCO2. The van der Waals surface area contributed by atoms with Crippen LogP contribution >= 0.6 is 0 Å². The predicted octanol–water partition coefficient (Wildman–Crippen LogP) is 2.79.